The summed E-state index contributed by atoms with van der Waals surface area (Å²) >= 11 is 12.0. The van der Waals surface area contributed by atoms with Gasteiger partial charge in [0.15, 0.2) is 0 Å². The van der Waals surface area contributed by atoms with Crippen LogP contribution in [0.5, 0.6) is 5.75 Å². The molecule has 0 bridgehead atoms. The standard InChI is InChI=1S/C10H13Cl2NO2/c1-15-8-3-2-7(4-5-13-6-14)9(11)10(8)12/h2-3,13-14H,4-6H2,1H3. The summed E-state index contributed by atoms with van der Waals surface area (Å²) in [6.07, 6.45) is 0.711. The molecule has 0 aromatic heterocycles. The van der Waals surface area contributed by atoms with Crippen LogP contribution in [0, 0.1) is 0 Å². The second kappa shape index (κ2) is 6.18. The van der Waals surface area contributed by atoms with Crippen LogP contribution in [0.15, 0.2) is 12.1 Å². The van der Waals surface area contributed by atoms with Crippen LogP contribution in [0.3, 0.4) is 0 Å². The SMILES string of the molecule is COc1ccc(CCNCO)c(Cl)c1Cl. The molecule has 0 aliphatic rings. The summed E-state index contributed by atoms with van der Waals surface area (Å²) in [7, 11) is 1.55. The minimum Gasteiger partial charge on any atom is -0.495 e. The number of aliphatic hydroxyl groups is 1. The molecule has 0 spiro atoms. The summed E-state index contributed by atoms with van der Waals surface area (Å²) < 4.78 is 5.03. The van der Waals surface area contributed by atoms with Gasteiger partial charge in [-0.3, -0.25) is 5.32 Å². The van der Waals surface area contributed by atoms with Crippen molar-refractivity contribution >= 4 is 23.2 Å². The quantitative estimate of drug-likeness (QED) is 0.621. The second-order valence-electron chi connectivity index (χ2n) is 2.96. The van der Waals surface area contributed by atoms with Crippen molar-refractivity contribution in [3.8, 4) is 5.75 Å². The molecule has 15 heavy (non-hydrogen) atoms. The van der Waals surface area contributed by atoms with E-state index in [9.17, 15) is 0 Å². The maximum atomic E-state index is 8.56. The lowest BCUT2D eigenvalue weighted by Crippen LogP contribution is -2.17. The van der Waals surface area contributed by atoms with Crippen molar-refractivity contribution in [3.63, 3.8) is 0 Å². The summed E-state index contributed by atoms with van der Waals surface area (Å²) in [5, 5.41) is 12.3. The number of methoxy groups -OCH3 is 1. The van der Waals surface area contributed by atoms with Gasteiger partial charge in [0.1, 0.15) is 10.8 Å². The van der Waals surface area contributed by atoms with Crippen LogP contribution in [0.25, 0.3) is 0 Å². The normalized spacial score (nSPS) is 10.4. The molecule has 1 aromatic rings. The minimum absolute atomic E-state index is 0.0402. The minimum atomic E-state index is -0.0402. The molecule has 0 atom stereocenters. The van der Waals surface area contributed by atoms with Crippen LogP contribution in [0.4, 0.5) is 0 Å². The summed E-state index contributed by atoms with van der Waals surface area (Å²) in [6.45, 7) is 0.611. The molecule has 0 heterocycles. The van der Waals surface area contributed by atoms with Gasteiger partial charge in [0.25, 0.3) is 0 Å². The Bertz CT molecular complexity index is 331. The Balaban J connectivity index is 2.77. The molecule has 1 aromatic carbocycles. The number of benzene rings is 1. The lowest BCUT2D eigenvalue weighted by Gasteiger charge is -2.09. The average molecular weight is 250 g/mol. The highest BCUT2D eigenvalue weighted by atomic mass is 35.5. The van der Waals surface area contributed by atoms with Crippen molar-refractivity contribution in [1.29, 1.82) is 0 Å². The van der Waals surface area contributed by atoms with Crippen molar-refractivity contribution in [1.82, 2.24) is 5.32 Å². The molecule has 0 aliphatic heterocycles. The van der Waals surface area contributed by atoms with Crippen LogP contribution in [0.2, 0.25) is 10.0 Å². The van der Waals surface area contributed by atoms with Crippen LogP contribution in [0.1, 0.15) is 5.56 Å². The molecule has 0 fully saturated rings. The summed E-state index contributed by atoms with van der Waals surface area (Å²) in [4.78, 5) is 0. The zero-order valence-electron chi connectivity index (χ0n) is 8.39. The van der Waals surface area contributed by atoms with Crippen LogP contribution in [-0.4, -0.2) is 25.5 Å². The van der Waals surface area contributed by atoms with E-state index in [1.54, 1.807) is 13.2 Å². The van der Waals surface area contributed by atoms with E-state index in [1.165, 1.54) is 0 Å². The molecule has 0 radical (unpaired) electrons. The topological polar surface area (TPSA) is 41.5 Å². The molecule has 0 unspecified atom stereocenters. The molecule has 0 amide bonds. The van der Waals surface area contributed by atoms with E-state index in [4.69, 9.17) is 33.0 Å². The zero-order chi connectivity index (χ0) is 11.3. The van der Waals surface area contributed by atoms with Crippen molar-refractivity contribution < 1.29 is 9.84 Å². The lowest BCUT2D eigenvalue weighted by molar-refractivity contribution is 0.262. The van der Waals surface area contributed by atoms with E-state index in [0.29, 0.717) is 28.8 Å². The predicted octanol–water partition coefficient (Wildman–Crippen LogP) is 2.08. The second-order valence-corrected chi connectivity index (χ2v) is 3.72. The Kier molecular flexibility index (Phi) is 5.19. The Morgan fingerprint density at radius 2 is 2.07 bits per heavy atom. The highest BCUT2D eigenvalue weighted by molar-refractivity contribution is 6.43. The summed E-state index contributed by atoms with van der Waals surface area (Å²) in [5.41, 5.74) is 0.934. The van der Waals surface area contributed by atoms with Gasteiger partial charge in [0, 0.05) is 6.54 Å². The largest absolute Gasteiger partial charge is 0.495 e. The molecular weight excluding hydrogens is 237 g/mol. The van der Waals surface area contributed by atoms with Crippen molar-refractivity contribution in [2.45, 2.75) is 6.42 Å². The monoisotopic (exact) mass is 249 g/mol. The Hall–Kier alpha value is -0.480. The van der Waals surface area contributed by atoms with Crippen molar-refractivity contribution in [2.24, 2.45) is 0 Å². The van der Waals surface area contributed by atoms with Gasteiger partial charge in [-0.1, -0.05) is 29.3 Å². The Morgan fingerprint density at radius 3 is 2.67 bits per heavy atom. The summed E-state index contributed by atoms with van der Waals surface area (Å²) in [5.74, 6) is 0.570. The lowest BCUT2D eigenvalue weighted by atomic mass is 10.1. The third-order valence-electron chi connectivity index (χ3n) is 2.03. The molecular formula is C10H13Cl2NO2. The Labute approximate surface area is 99.0 Å². The zero-order valence-corrected chi connectivity index (χ0v) is 9.90. The molecule has 0 aliphatic carbocycles. The van der Waals surface area contributed by atoms with E-state index in [1.807, 2.05) is 6.07 Å². The van der Waals surface area contributed by atoms with E-state index >= 15 is 0 Å². The first kappa shape index (κ1) is 12.6. The number of halogens is 2. The molecule has 0 saturated carbocycles. The van der Waals surface area contributed by atoms with Gasteiger partial charge in [-0.25, -0.2) is 0 Å². The van der Waals surface area contributed by atoms with E-state index in [0.717, 1.165) is 5.56 Å². The summed E-state index contributed by atoms with van der Waals surface area (Å²) in [6, 6.07) is 3.65. The third kappa shape index (κ3) is 3.24. The number of ether oxygens (including phenoxy) is 1. The maximum Gasteiger partial charge on any atom is 0.138 e. The predicted molar refractivity (Wildman–Crippen MR) is 61.8 cm³/mol. The van der Waals surface area contributed by atoms with Gasteiger partial charge in [-0.2, -0.15) is 0 Å². The van der Waals surface area contributed by atoms with Gasteiger partial charge in [-0.15, -0.1) is 0 Å². The molecule has 2 N–H and O–H groups in total. The molecule has 3 nitrogen and oxygen atoms in total. The number of rotatable bonds is 5. The number of nitrogens with one attached hydrogen (secondary N) is 1. The first-order valence-corrected chi connectivity index (χ1v) is 5.28. The van der Waals surface area contributed by atoms with Gasteiger partial charge >= 0.3 is 0 Å². The first-order valence-electron chi connectivity index (χ1n) is 4.53. The van der Waals surface area contributed by atoms with Crippen molar-refractivity contribution in [3.05, 3.63) is 27.7 Å². The third-order valence-corrected chi connectivity index (χ3v) is 2.93. The van der Waals surface area contributed by atoms with Gasteiger partial charge < -0.3 is 9.84 Å². The van der Waals surface area contributed by atoms with Gasteiger partial charge in [-0.05, 0) is 18.1 Å². The fraction of sp³-hybridized carbons (Fsp3) is 0.400. The van der Waals surface area contributed by atoms with E-state index < -0.39 is 0 Å². The Morgan fingerprint density at radius 1 is 1.33 bits per heavy atom. The number of hydrogen-bond donors (Lipinski definition) is 2. The van der Waals surface area contributed by atoms with Crippen LogP contribution < -0.4 is 10.1 Å². The maximum absolute atomic E-state index is 8.56. The average Bonchev–Trinajstić information content (AvgIpc) is 2.25. The van der Waals surface area contributed by atoms with Gasteiger partial charge in [0.2, 0.25) is 0 Å². The highest BCUT2D eigenvalue weighted by Gasteiger charge is 2.09. The molecule has 84 valence electrons. The molecule has 1 rings (SSSR count). The fourth-order valence-electron chi connectivity index (χ4n) is 1.22. The molecule has 5 heteroatoms. The van der Waals surface area contributed by atoms with Crippen LogP contribution in [-0.2, 0) is 6.42 Å². The van der Waals surface area contributed by atoms with Crippen LogP contribution >= 0.6 is 23.2 Å². The first-order chi connectivity index (χ1) is 7.20. The van der Waals surface area contributed by atoms with E-state index in [2.05, 4.69) is 5.32 Å². The van der Waals surface area contributed by atoms with Gasteiger partial charge in [0.05, 0.1) is 18.9 Å². The smallest absolute Gasteiger partial charge is 0.138 e. The fourth-order valence-corrected chi connectivity index (χ4v) is 1.74. The molecule has 0 saturated heterocycles. The van der Waals surface area contributed by atoms with Crippen molar-refractivity contribution in [2.75, 3.05) is 20.4 Å². The number of hydrogen-bond acceptors (Lipinski definition) is 3. The number of aliphatic hydroxyl groups excluding tert-OH is 1. The van der Waals surface area contributed by atoms with E-state index in [-0.39, 0.29) is 6.73 Å². The highest BCUT2D eigenvalue weighted by Crippen LogP contribution is 2.34.